The summed E-state index contributed by atoms with van der Waals surface area (Å²) in [6.45, 7) is 14.4. The van der Waals surface area contributed by atoms with Gasteiger partial charge in [0, 0.05) is 6.54 Å². The SMILES string of the molecule is CCC(C)(C)CC(C)(C(=O)OCCNP(=O)(O)O)C(C)(C)CC. The third-order valence-corrected chi connectivity index (χ3v) is 5.91. The number of hydrogen-bond acceptors (Lipinski definition) is 3. The van der Waals surface area contributed by atoms with Crippen molar-refractivity contribution in [1.29, 1.82) is 0 Å². The normalized spacial score (nSPS) is 16.0. The van der Waals surface area contributed by atoms with Gasteiger partial charge >= 0.3 is 13.7 Å². The molecule has 0 spiro atoms. The number of nitrogens with one attached hydrogen (secondary N) is 1. The number of ether oxygens (including phenoxy) is 1. The first-order valence-corrected chi connectivity index (χ1v) is 9.80. The lowest BCUT2D eigenvalue weighted by Gasteiger charge is -2.45. The molecule has 3 N–H and O–H groups in total. The third-order valence-electron chi connectivity index (χ3n) is 5.27. The van der Waals surface area contributed by atoms with E-state index in [0.29, 0.717) is 6.42 Å². The van der Waals surface area contributed by atoms with Gasteiger partial charge in [-0.1, -0.05) is 48.0 Å². The van der Waals surface area contributed by atoms with Crippen molar-refractivity contribution < 1.29 is 23.9 Å². The largest absolute Gasteiger partial charge is 0.464 e. The fourth-order valence-electron chi connectivity index (χ4n) is 2.55. The molecule has 0 aromatic heterocycles. The maximum Gasteiger partial charge on any atom is 0.400 e. The zero-order valence-electron chi connectivity index (χ0n) is 15.6. The Morgan fingerprint density at radius 3 is 2.00 bits per heavy atom. The van der Waals surface area contributed by atoms with E-state index >= 15 is 0 Å². The zero-order valence-corrected chi connectivity index (χ0v) is 16.5. The summed E-state index contributed by atoms with van der Waals surface area (Å²) in [7, 11) is -4.28. The predicted molar refractivity (Wildman–Crippen MR) is 91.9 cm³/mol. The standard InChI is InChI=1S/C16H34NO5P/c1-8-14(3,4)12-16(7,15(5,6)9-2)13(18)22-11-10-17-23(19,20)21/h8-12H2,1-7H3,(H3,17,19,20,21). The van der Waals surface area contributed by atoms with Crippen molar-refractivity contribution in [2.24, 2.45) is 16.2 Å². The van der Waals surface area contributed by atoms with Crippen LogP contribution in [0.3, 0.4) is 0 Å². The highest BCUT2D eigenvalue weighted by Gasteiger charge is 2.49. The molecule has 0 aromatic rings. The predicted octanol–water partition coefficient (Wildman–Crippen LogP) is 3.48. The third kappa shape index (κ3) is 6.92. The van der Waals surface area contributed by atoms with Crippen LogP contribution in [0.25, 0.3) is 0 Å². The summed E-state index contributed by atoms with van der Waals surface area (Å²) in [6.07, 6.45) is 2.48. The first-order valence-electron chi connectivity index (χ1n) is 8.19. The van der Waals surface area contributed by atoms with Crippen LogP contribution in [-0.2, 0) is 14.1 Å². The quantitative estimate of drug-likeness (QED) is 0.317. The Morgan fingerprint density at radius 1 is 1.09 bits per heavy atom. The number of esters is 1. The molecule has 0 aliphatic rings. The van der Waals surface area contributed by atoms with Crippen LogP contribution in [-0.4, -0.2) is 28.9 Å². The van der Waals surface area contributed by atoms with Crippen molar-refractivity contribution >= 4 is 13.7 Å². The van der Waals surface area contributed by atoms with Gasteiger partial charge in [0.25, 0.3) is 0 Å². The van der Waals surface area contributed by atoms with Crippen LogP contribution in [0.1, 0.15) is 67.7 Å². The Balaban J connectivity index is 5.08. The Bertz CT molecular complexity index is 444. The smallest absolute Gasteiger partial charge is 0.400 e. The summed E-state index contributed by atoms with van der Waals surface area (Å²) in [6, 6.07) is 0. The lowest BCUT2D eigenvalue weighted by atomic mass is 9.58. The van der Waals surface area contributed by atoms with E-state index in [-0.39, 0.29) is 30.0 Å². The van der Waals surface area contributed by atoms with E-state index in [2.05, 4.69) is 41.5 Å². The number of rotatable bonds is 10. The van der Waals surface area contributed by atoms with Gasteiger partial charge in [-0.25, -0.2) is 9.65 Å². The number of hydrogen-bond donors (Lipinski definition) is 3. The summed E-state index contributed by atoms with van der Waals surface area (Å²) >= 11 is 0. The highest BCUT2D eigenvalue weighted by atomic mass is 31.2. The molecule has 1 unspecified atom stereocenters. The molecule has 0 amide bonds. The van der Waals surface area contributed by atoms with Gasteiger partial charge in [-0.15, -0.1) is 0 Å². The maximum atomic E-state index is 12.7. The molecular weight excluding hydrogens is 317 g/mol. The van der Waals surface area contributed by atoms with Crippen molar-refractivity contribution in [2.45, 2.75) is 67.7 Å². The fourth-order valence-corrected chi connectivity index (χ4v) is 2.94. The lowest BCUT2D eigenvalue weighted by Crippen LogP contribution is -2.46. The second-order valence-electron chi connectivity index (χ2n) is 7.85. The number of carbonyl (C=O) groups is 1. The first kappa shape index (κ1) is 22.6. The topological polar surface area (TPSA) is 95.9 Å². The molecule has 0 aliphatic heterocycles. The van der Waals surface area contributed by atoms with E-state index in [9.17, 15) is 9.36 Å². The maximum absolute atomic E-state index is 12.7. The monoisotopic (exact) mass is 351 g/mol. The van der Waals surface area contributed by atoms with Crippen LogP contribution >= 0.6 is 7.75 Å². The van der Waals surface area contributed by atoms with Crippen LogP contribution < -0.4 is 5.09 Å². The molecule has 23 heavy (non-hydrogen) atoms. The molecule has 0 fully saturated rings. The summed E-state index contributed by atoms with van der Waals surface area (Å²) in [4.78, 5) is 30.3. The minimum absolute atomic E-state index is 0.00433. The van der Waals surface area contributed by atoms with Gasteiger partial charge in [-0.05, 0) is 30.6 Å². The highest BCUT2D eigenvalue weighted by molar-refractivity contribution is 7.49. The van der Waals surface area contributed by atoms with Gasteiger partial charge in [0.2, 0.25) is 0 Å². The van der Waals surface area contributed by atoms with Crippen LogP contribution in [0, 0.1) is 16.2 Å². The van der Waals surface area contributed by atoms with Crippen LogP contribution in [0.2, 0.25) is 0 Å². The second kappa shape index (κ2) is 8.11. The molecule has 7 heteroatoms. The number of carbonyl (C=O) groups excluding carboxylic acids is 1. The van der Waals surface area contributed by atoms with Gasteiger partial charge in [0.15, 0.2) is 0 Å². The summed E-state index contributed by atoms with van der Waals surface area (Å²) in [5, 5.41) is 2.03. The van der Waals surface area contributed by atoms with Crippen molar-refractivity contribution in [1.82, 2.24) is 5.09 Å². The van der Waals surface area contributed by atoms with Gasteiger partial charge in [0.1, 0.15) is 6.61 Å². The zero-order chi connectivity index (χ0) is 18.5. The van der Waals surface area contributed by atoms with Gasteiger partial charge in [-0.2, -0.15) is 0 Å². The highest BCUT2D eigenvalue weighted by Crippen LogP contribution is 2.50. The minimum atomic E-state index is -4.28. The molecule has 0 rings (SSSR count). The molecule has 0 saturated carbocycles. The molecule has 0 aliphatic carbocycles. The first-order chi connectivity index (χ1) is 10.2. The Labute approximate surface area is 140 Å². The molecule has 138 valence electrons. The second-order valence-corrected chi connectivity index (χ2v) is 9.26. The summed E-state index contributed by atoms with van der Waals surface area (Å²) < 4.78 is 16.1. The van der Waals surface area contributed by atoms with E-state index < -0.39 is 13.2 Å². The molecule has 1 atom stereocenters. The van der Waals surface area contributed by atoms with Crippen LogP contribution in [0.4, 0.5) is 0 Å². The Kier molecular flexibility index (Phi) is 7.96. The molecular formula is C16H34NO5P. The van der Waals surface area contributed by atoms with E-state index in [1.807, 2.05) is 12.0 Å². The van der Waals surface area contributed by atoms with Crippen LogP contribution in [0.15, 0.2) is 0 Å². The summed E-state index contributed by atoms with van der Waals surface area (Å²) in [5.74, 6) is -0.307. The molecule has 6 nitrogen and oxygen atoms in total. The minimum Gasteiger partial charge on any atom is -0.464 e. The fraction of sp³-hybridized carbons (Fsp3) is 0.938. The van der Waals surface area contributed by atoms with Crippen molar-refractivity contribution in [3.05, 3.63) is 0 Å². The summed E-state index contributed by atoms with van der Waals surface area (Å²) in [5.41, 5.74) is -0.902. The van der Waals surface area contributed by atoms with E-state index in [0.717, 1.165) is 12.8 Å². The van der Waals surface area contributed by atoms with Crippen molar-refractivity contribution in [3.63, 3.8) is 0 Å². The van der Waals surface area contributed by atoms with Gasteiger partial charge in [0.05, 0.1) is 5.41 Å². The molecule has 0 heterocycles. The Morgan fingerprint density at radius 2 is 1.61 bits per heavy atom. The molecule has 0 aromatic carbocycles. The average molecular weight is 351 g/mol. The van der Waals surface area contributed by atoms with Crippen molar-refractivity contribution in [2.75, 3.05) is 13.2 Å². The van der Waals surface area contributed by atoms with E-state index in [1.165, 1.54) is 0 Å². The average Bonchev–Trinajstić information content (AvgIpc) is 2.41. The van der Waals surface area contributed by atoms with Crippen LogP contribution in [0.5, 0.6) is 0 Å². The van der Waals surface area contributed by atoms with Crippen molar-refractivity contribution in [3.8, 4) is 0 Å². The van der Waals surface area contributed by atoms with Gasteiger partial charge < -0.3 is 14.5 Å². The van der Waals surface area contributed by atoms with Gasteiger partial charge in [-0.3, -0.25) is 4.79 Å². The molecule has 0 radical (unpaired) electrons. The van der Waals surface area contributed by atoms with E-state index in [4.69, 9.17) is 14.5 Å². The Hall–Kier alpha value is -0.420. The molecule has 0 saturated heterocycles. The van der Waals surface area contributed by atoms with E-state index in [1.54, 1.807) is 0 Å². The molecule has 0 bridgehead atoms. The lowest BCUT2D eigenvalue weighted by molar-refractivity contribution is -0.166.